The average molecular weight is 826 g/mol. The van der Waals surface area contributed by atoms with Crippen LogP contribution < -0.4 is 15.6 Å². The highest BCUT2D eigenvalue weighted by Gasteiger charge is 2.46. The second-order valence-corrected chi connectivity index (χ2v) is 11.1. The van der Waals surface area contributed by atoms with Gasteiger partial charge in [0.25, 0.3) is 0 Å². The fourth-order valence-corrected chi connectivity index (χ4v) is 5.78. The first-order valence-corrected chi connectivity index (χ1v) is 13.1. The van der Waals surface area contributed by atoms with Gasteiger partial charge in [0.2, 0.25) is 6.29 Å². The first-order valence-electron chi connectivity index (χ1n) is 9.90. The molecule has 0 aliphatic carbocycles. The maximum Gasteiger partial charge on any atom is 0.325 e. The SMILES string of the molecule is N[C@@H](Cc1cc(I)c(Oc2ccc(O)c(I)c2)c(I)c1)C(=O)O[C@@H]1O[C@H](C(=O)[O-])[C@@H](O)[C@H](O)[C@H]1O. The molecule has 1 fully saturated rings. The summed E-state index contributed by atoms with van der Waals surface area (Å²) in [6.07, 6.45) is -9.63. The number of carbonyl (C=O) groups excluding carboxylic acids is 2. The summed E-state index contributed by atoms with van der Waals surface area (Å²) in [7, 11) is 0. The van der Waals surface area contributed by atoms with Crippen LogP contribution in [0.25, 0.3) is 0 Å². The molecule has 2 aromatic rings. The van der Waals surface area contributed by atoms with Gasteiger partial charge >= 0.3 is 5.97 Å². The van der Waals surface area contributed by atoms with Gasteiger partial charge in [0, 0.05) is 0 Å². The summed E-state index contributed by atoms with van der Waals surface area (Å²) < 4.78 is 17.9. The van der Waals surface area contributed by atoms with Crippen LogP contribution in [0, 0.1) is 10.7 Å². The van der Waals surface area contributed by atoms with E-state index in [2.05, 4.69) is 45.2 Å². The number of carbonyl (C=O) groups is 2. The van der Waals surface area contributed by atoms with Crippen LogP contribution in [-0.4, -0.2) is 69.1 Å². The summed E-state index contributed by atoms with van der Waals surface area (Å²) in [6.45, 7) is 0. The number of rotatable bonds is 7. The van der Waals surface area contributed by atoms with E-state index in [0.717, 1.165) is 7.14 Å². The Morgan fingerprint density at radius 3 is 2.23 bits per heavy atom. The number of hydrogen-bond donors (Lipinski definition) is 5. The van der Waals surface area contributed by atoms with Gasteiger partial charge in [-0.05, 0) is 110 Å². The van der Waals surface area contributed by atoms with Gasteiger partial charge in [0.05, 0.1) is 16.7 Å². The summed E-state index contributed by atoms with van der Waals surface area (Å²) in [4.78, 5) is 23.6. The third-order valence-electron chi connectivity index (χ3n) is 4.99. The highest BCUT2D eigenvalue weighted by molar-refractivity contribution is 14.1. The van der Waals surface area contributed by atoms with Gasteiger partial charge in [0.15, 0.2) is 5.75 Å². The Labute approximate surface area is 240 Å². The lowest BCUT2D eigenvalue weighted by Crippen LogP contribution is -2.63. The number of esters is 1. The Bertz CT molecular complexity index is 1090. The Morgan fingerprint density at radius 1 is 1.03 bits per heavy atom. The molecule has 6 atom stereocenters. The van der Waals surface area contributed by atoms with E-state index in [4.69, 9.17) is 19.9 Å². The molecule has 35 heavy (non-hydrogen) atoms. The van der Waals surface area contributed by atoms with Crippen LogP contribution in [0.3, 0.4) is 0 Å². The zero-order chi connectivity index (χ0) is 26.0. The molecule has 14 heteroatoms. The number of aliphatic hydroxyl groups excluding tert-OH is 3. The zero-order valence-corrected chi connectivity index (χ0v) is 24.0. The predicted octanol–water partition coefficient (Wildman–Crippen LogP) is -0.0312. The lowest BCUT2D eigenvalue weighted by Gasteiger charge is -2.40. The molecule has 1 aliphatic rings. The lowest BCUT2D eigenvalue weighted by molar-refractivity contribution is -0.346. The monoisotopic (exact) mass is 826 g/mol. The van der Waals surface area contributed by atoms with Gasteiger partial charge in [-0.15, -0.1) is 0 Å². The molecule has 0 amide bonds. The normalized spacial score (nSPS) is 25.1. The number of hydrogen-bond acceptors (Lipinski definition) is 11. The minimum absolute atomic E-state index is 0.0279. The van der Waals surface area contributed by atoms with Crippen LogP contribution in [0.2, 0.25) is 0 Å². The number of phenols is 1. The number of benzene rings is 2. The molecule has 0 aromatic heterocycles. The van der Waals surface area contributed by atoms with Crippen LogP contribution in [0.5, 0.6) is 17.2 Å². The number of halogens is 3. The van der Waals surface area contributed by atoms with Gasteiger partial charge in [-0.25, -0.2) is 0 Å². The van der Waals surface area contributed by atoms with E-state index in [0.29, 0.717) is 20.6 Å². The summed E-state index contributed by atoms with van der Waals surface area (Å²) in [5.74, 6) is -1.61. The maximum absolute atomic E-state index is 12.5. The number of carboxylic acids is 1. The highest BCUT2D eigenvalue weighted by atomic mass is 127. The number of phenolic OH excluding ortho intramolecular Hbond substituents is 1. The molecule has 190 valence electrons. The number of carboxylic acid groups (broad SMARTS) is 1. The van der Waals surface area contributed by atoms with Crippen LogP contribution in [0.1, 0.15) is 5.56 Å². The third-order valence-corrected chi connectivity index (χ3v) is 7.46. The van der Waals surface area contributed by atoms with Crippen molar-refractivity contribution < 1.29 is 49.3 Å². The van der Waals surface area contributed by atoms with Crippen molar-refractivity contribution in [2.45, 2.75) is 43.2 Å². The molecular formula is C21H19I3NO10-. The quantitative estimate of drug-likeness (QED) is 0.186. The van der Waals surface area contributed by atoms with Gasteiger partial charge in [-0.3, -0.25) is 4.79 Å². The molecule has 2 aromatic carbocycles. The van der Waals surface area contributed by atoms with Gasteiger partial charge in [-0.1, -0.05) is 0 Å². The zero-order valence-electron chi connectivity index (χ0n) is 17.5. The van der Waals surface area contributed by atoms with Gasteiger partial charge in [-0.2, -0.15) is 0 Å². The van der Waals surface area contributed by atoms with E-state index in [1.807, 2.05) is 22.6 Å². The van der Waals surface area contributed by atoms with Crippen LogP contribution in [-0.2, 0) is 25.5 Å². The van der Waals surface area contributed by atoms with Crippen molar-refractivity contribution in [3.05, 3.63) is 46.6 Å². The number of ether oxygens (including phenoxy) is 3. The van der Waals surface area contributed by atoms with Crippen molar-refractivity contribution in [2.24, 2.45) is 5.73 Å². The van der Waals surface area contributed by atoms with E-state index in [1.54, 1.807) is 24.3 Å². The van der Waals surface area contributed by atoms with E-state index < -0.39 is 48.7 Å². The highest BCUT2D eigenvalue weighted by Crippen LogP contribution is 2.35. The first-order chi connectivity index (χ1) is 16.4. The molecule has 0 saturated carbocycles. The summed E-state index contributed by atoms with van der Waals surface area (Å²) in [5.41, 5.74) is 6.62. The molecule has 0 radical (unpaired) electrons. The van der Waals surface area contributed by atoms with Crippen molar-refractivity contribution in [3.8, 4) is 17.2 Å². The van der Waals surface area contributed by atoms with Crippen molar-refractivity contribution in [2.75, 3.05) is 0 Å². The Hall–Kier alpha value is -1.03. The van der Waals surface area contributed by atoms with Gasteiger partial charge < -0.3 is 50.3 Å². The molecule has 1 aliphatic heterocycles. The fourth-order valence-electron chi connectivity index (χ4n) is 3.18. The molecule has 1 heterocycles. The molecule has 0 spiro atoms. The molecule has 0 bridgehead atoms. The smallest absolute Gasteiger partial charge is 0.325 e. The largest absolute Gasteiger partial charge is 0.547 e. The minimum Gasteiger partial charge on any atom is -0.547 e. The van der Waals surface area contributed by atoms with Crippen molar-refractivity contribution >= 4 is 79.7 Å². The van der Waals surface area contributed by atoms with E-state index >= 15 is 0 Å². The second-order valence-electron chi connectivity index (χ2n) is 7.57. The Kier molecular flexibility index (Phi) is 9.79. The molecule has 11 nitrogen and oxygen atoms in total. The summed E-state index contributed by atoms with van der Waals surface area (Å²) in [6, 6.07) is 7.14. The summed E-state index contributed by atoms with van der Waals surface area (Å²) >= 11 is 6.13. The van der Waals surface area contributed by atoms with Crippen molar-refractivity contribution in [3.63, 3.8) is 0 Å². The number of aliphatic carboxylic acids is 1. The van der Waals surface area contributed by atoms with Crippen LogP contribution in [0.4, 0.5) is 0 Å². The fraction of sp³-hybridized carbons (Fsp3) is 0.333. The van der Waals surface area contributed by atoms with Crippen LogP contribution >= 0.6 is 67.8 Å². The minimum atomic E-state index is -2.00. The molecule has 0 unspecified atom stereocenters. The van der Waals surface area contributed by atoms with Crippen LogP contribution in [0.15, 0.2) is 30.3 Å². The second kappa shape index (κ2) is 12.0. The van der Waals surface area contributed by atoms with E-state index in [-0.39, 0.29) is 12.2 Å². The summed E-state index contributed by atoms with van der Waals surface area (Å²) in [5, 5.41) is 50.3. The topological polar surface area (TPSA) is 192 Å². The van der Waals surface area contributed by atoms with Gasteiger partial charge in [0.1, 0.15) is 42.0 Å². The average Bonchev–Trinajstić information content (AvgIpc) is 2.78. The standard InChI is InChI=1S/C21H20I3NO10/c22-9-6-8(1-2-13(9)26)33-17-10(23)3-7(4-11(17)24)5-12(25)20(32)35-21-16(29)14(27)15(28)18(34-21)19(30)31/h1-4,6,12,14-16,18,21,26-29H,5,25H2,(H,30,31)/p-1/t12-,14-,15-,16+,18-,21-/m0/s1. The number of aliphatic hydroxyl groups is 3. The number of aromatic hydroxyl groups is 1. The van der Waals surface area contributed by atoms with E-state index in [1.165, 1.54) is 6.07 Å². The Morgan fingerprint density at radius 2 is 1.66 bits per heavy atom. The third kappa shape index (κ3) is 6.84. The number of nitrogens with two attached hydrogens (primary N) is 1. The molecule has 1 saturated heterocycles. The predicted molar refractivity (Wildman–Crippen MR) is 142 cm³/mol. The molecular weight excluding hydrogens is 807 g/mol. The molecule has 3 rings (SSSR count). The van der Waals surface area contributed by atoms with Crippen molar-refractivity contribution in [1.29, 1.82) is 0 Å². The Balaban J connectivity index is 1.68. The van der Waals surface area contributed by atoms with Crippen molar-refractivity contribution in [1.82, 2.24) is 0 Å². The first kappa shape index (κ1) is 28.5. The maximum atomic E-state index is 12.5. The van der Waals surface area contributed by atoms with E-state index in [9.17, 15) is 35.1 Å². The molecule has 6 N–H and O–H groups in total. The lowest BCUT2D eigenvalue weighted by atomic mass is 9.99.